The average molecular weight is 293 g/mol. The maximum Gasteiger partial charge on any atom is 0.329 e. The van der Waals surface area contributed by atoms with Crippen LogP contribution >= 0.6 is 11.8 Å². The van der Waals surface area contributed by atoms with Gasteiger partial charge < -0.3 is 10.4 Å². The van der Waals surface area contributed by atoms with Crippen LogP contribution in [0.15, 0.2) is 30.3 Å². The molecule has 0 heterocycles. The van der Waals surface area contributed by atoms with Gasteiger partial charge >= 0.3 is 5.97 Å². The third-order valence-corrected chi connectivity index (χ3v) is 5.69. The second-order valence-electron chi connectivity index (χ2n) is 5.40. The van der Waals surface area contributed by atoms with Crippen LogP contribution in [0, 0.1) is 0 Å². The molecule has 1 aromatic carbocycles. The highest BCUT2D eigenvalue weighted by molar-refractivity contribution is 8.00. The van der Waals surface area contributed by atoms with Crippen LogP contribution in [0.3, 0.4) is 0 Å². The average Bonchev–Trinajstić information content (AvgIpc) is 2.50. The van der Waals surface area contributed by atoms with E-state index in [1.165, 1.54) is 32.1 Å². The quantitative estimate of drug-likeness (QED) is 0.845. The highest BCUT2D eigenvalue weighted by Gasteiger charge is 2.39. The van der Waals surface area contributed by atoms with Crippen molar-refractivity contribution in [2.24, 2.45) is 0 Å². The molecule has 0 bridgehead atoms. The highest BCUT2D eigenvalue weighted by Crippen LogP contribution is 2.33. The zero-order valence-electron chi connectivity index (χ0n) is 12.0. The fraction of sp³-hybridized carbons (Fsp3) is 0.562. The van der Waals surface area contributed by atoms with Crippen molar-refractivity contribution in [3.05, 3.63) is 35.9 Å². The molecule has 110 valence electrons. The summed E-state index contributed by atoms with van der Waals surface area (Å²) >= 11 is 1.81. The predicted octanol–water partition coefficient (Wildman–Crippen LogP) is 3.25. The number of benzene rings is 1. The number of carbonyl (C=O) groups is 1. The molecule has 1 atom stereocenters. The van der Waals surface area contributed by atoms with Crippen molar-refractivity contribution in [1.82, 2.24) is 5.32 Å². The normalized spacial score (nSPS) is 19.4. The Labute approximate surface area is 125 Å². The van der Waals surface area contributed by atoms with Crippen molar-refractivity contribution < 1.29 is 9.90 Å². The summed E-state index contributed by atoms with van der Waals surface area (Å²) in [5.74, 6) is -0.220. The van der Waals surface area contributed by atoms with E-state index < -0.39 is 11.5 Å². The molecule has 1 unspecified atom stereocenters. The number of likely N-dealkylation sites (N-methyl/N-ethyl adjacent to an activating group) is 1. The van der Waals surface area contributed by atoms with Gasteiger partial charge in [0.25, 0.3) is 0 Å². The maximum absolute atomic E-state index is 11.8. The van der Waals surface area contributed by atoms with E-state index in [-0.39, 0.29) is 0 Å². The summed E-state index contributed by atoms with van der Waals surface area (Å²) in [6.07, 6.45) is 6.33. The van der Waals surface area contributed by atoms with E-state index in [2.05, 4.69) is 5.32 Å². The molecule has 2 N–H and O–H groups in total. The zero-order valence-corrected chi connectivity index (χ0v) is 12.8. The molecule has 0 radical (unpaired) electrons. The first kappa shape index (κ1) is 15.4. The van der Waals surface area contributed by atoms with Gasteiger partial charge in [0, 0.05) is 11.0 Å². The van der Waals surface area contributed by atoms with Crippen molar-refractivity contribution in [2.75, 3.05) is 12.8 Å². The van der Waals surface area contributed by atoms with Crippen LogP contribution in [0.2, 0.25) is 0 Å². The molecular weight excluding hydrogens is 270 g/mol. The maximum atomic E-state index is 11.8. The Hall–Kier alpha value is -1.00. The summed E-state index contributed by atoms with van der Waals surface area (Å²) in [5, 5.41) is 13.4. The van der Waals surface area contributed by atoms with Crippen LogP contribution in [0.25, 0.3) is 0 Å². The van der Waals surface area contributed by atoms with Crippen molar-refractivity contribution >= 4 is 17.7 Å². The number of carboxylic acids is 1. The second-order valence-corrected chi connectivity index (χ2v) is 6.69. The lowest BCUT2D eigenvalue weighted by Gasteiger charge is -2.31. The summed E-state index contributed by atoms with van der Waals surface area (Å²) in [7, 11) is 1.74. The Kier molecular flexibility index (Phi) is 5.49. The van der Waals surface area contributed by atoms with Crippen LogP contribution < -0.4 is 5.32 Å². The van der Waals surface area contributed by atoms with E-state index in [1.54, 1.807) is 7.05 Å². The van der Waals surface area contributed by atoms with Gasteiger partial charge in [0.1, 0.15) is 0 Å². The minimum atomic E-state index is -0.983. The van der Waals surface area contributed by atoms with Gasteiger partial charge in [-0.1, -0.05) is 49.6 Å². The lowest BCUT2D eigenvalue weighted by molar-refractivity contribution is -0.144. The Morgan fingerprint density at radius 3 is 2.50 bits per heavy atom. The first-order valence-electron chi connectivity index (χ1n) is 7.28. The molecule has 1 saturated carbocycles. The van der Waals surface area contributed by atoms with Gasteiger partial charge in [-0.15, -0.1) is 0 Å². The molecule has 1 fully saturated rings. The third kappa shape index (κ3) is 3.36. The number of rotatable bonds is 6. The molecule has 20 heavy (non-hydrogen) atoms. The number of aliphatic carboxylic acids is 1. The molecule has 0 saturated heterocycles. The van der Waals surface area contributed by atoms with Gasteiger partial charge in [0.05, 0.1) is 0 Å². The van der Waals surface area contributed by atoms with Crippen LogP contribution in [-0.2, 0) is 10.3 Å². The first-order valence-corrected chi connectivity index (χ1v) is 8.33. The Morgan fingerprint density at radius 2 is 1.95 bits per heavy atom. The summed E-state index contributed by atoms with van der Waals surface area (Å²) in [6, 6.07) is 9.50. The summed E-state index contributed by atoms with van der Waals surface area (Å²) < 4.78 is 0. The highest BCUT2D eigenvalue weighted by atomic mass is 32.2. The predicted molar refractivity (Wildman–Crippen MR) is 84.1 cm³/mol. The third-order valence-electron chi connectivity index (χ3n) is 4.15. The lowest BCUT2D eigenvalue weighted by Crippen LogP contribution is -2.50. The van der Waals surface area contributed by atoms with E-state index in [0.717, 1.165) is 5.56 Å². The van der Waals surface area contributed by atoms with E-state index in [0.29, 0.717) is 11.0 Å². The minimum absolute atomic E-state index is 0.577. The summed E-state index contributed by atoms with van der Waals surface area (Å²) in [5.41, 5.74) is -0.151. The Bertz CT molecular complexity index is 431. The Morgan fingerprint density at radius 1 is 1.30 bits per heavy atom. The fourth-order valence-corrected chi connectivity index (χ4v) is 4.38. The number of hydrogen-bond donors (Lipinski definition) is 2. The van der Waals surface area contributed by atoms with E-state index in [4.69, 9.17) is 0 Å². The van der Waals surface area contributed by atoms with Gasteiger partial charge in [-0.2, -0.15) is 11.8 Å². The monoisotopic (exact) mass is 293 g/mol. The lowest BCUT2D eigenvalue weighted by atomic mass is 9.92. The van der Waals surface area contributed by atoms with Gasteiger partial charge in [-0.25, -0.2) is 4.79 Å². The molecule has 0 aromatic heterocycles. The summed E-state index contributed by atoms with van der Waals surface area (Å²) in [4.78, 5) is 11.8. The first-order chi connectivity index (χ1) is 9.69. The number of thioether (sulfide) groups is 1. The van der Waals surface area contributed by atoms with Gasteiger partial charge in [-0.05, 0) is 25.5 Å². The minimum Gasteiger partial charge on any atom is -0.480 e. The van der Waals surface area contributed by atoms with E-state index in [1.807, 2.05) is 42.1 Å². The summed E-state index contributed by atoms with van der Waals surface area (Å²) in [6.45, 7) is 0. The molecule has 1 aliphatic carbocycles. The van der Waals surface area contributed by atoms with Gasteiger partial charge in [0.2, 0.25) is 0 Å². The Balaban J connectivity index is 2.12. The topological polar surface area (TPSA) is 49.3 Å². The van der Waals surface area contributed by atoms with Crippen LogP contribution in [0.5, 0.6) is 0 Å². The molecule has 0 spiro atoms. The number of carboxylic acid groups (broad SMARTS) is 1. The van der Waals surface area contributed by atoms with Crippen molar-refractivity contribution in [3.8, 4) is 0 Å². The van der Waals surface area contributed by atoms with Crippen LogP contribution in [-0.4, -0.2) is 29.1 Å². The largest absolute Gasteiger partial charge is 0.480 e. The smallest absolute Gasteiger partial charge is 0.329 e. The van der Waals surface area contributed by atoms with Gasteiger partial charge in [-0.3, -0.25) is 0 Å². The molecular formula is C16H23NO2S. The van der Waals surface area contributed by atoms with Gasteiger partial charge in [0.15, 0.2) is 5.54 Å². The zero-order chi connectivity index (χ0) is 14.4. The molecule has 1 aliphatic rings. The molecule has 1 aromatic rings. The molecule has 0 aliphatic heterocycles. The molecule has 4 heteroatoms. The SMILES string of the molecule is CNC(CSC1CCCCC1)(C(=O)O)c1ccccc1. The standard InChI is InChI=1S/C16H23NO2S/c1-17-16(15(18)19,13-8-4-2-5-9-13)12-20-14-10-6-3-7-11-14/h2,4-5,8-9,14,17H,3,6-7,10-12H2,1H3,(H,18,19). The van der Waals surface area contributed by atoms with Crippen LogP contribution in [0.1, 0.15) is 37.7 Å². The second kappa shape index (κ2) is 7.14. The van der Waals surface area contributed by atoms with Crippen molar-refractivity contribution in [3.63, 3.8) is 0 Å². The van der Waals surface area contributed by atoms with Crippen molar-refractivity contribution in [1.29, 1.82) is 0 Å². The number of hydrogen-bond acceptors (Lipinski definition) is 3. The van der Waals surface area contributed by atoms with E-state index >= 15 is 0 Å². The number of nitrogens with one attached hydrogen (secondary N) is 1. The molecule has 2 rings (SSSR count). The van der Waals surface area contributed by atoms with Crippen molar-refractivity contribution in [2.45, 2.75) is 42.9 Å². The molecule has 0 amide bonds. The van der Waals surface area contributed by atoms with E-state index in [9.17, 15) is 9.90 Å². The van der Waals surface area contributed by atoms with Crippen LogP contribution in [0.4, 0.5) is 0 Å². The fourth-order valence-electron chi connectivity index (χ4n) is 2.79. The molecule has 3 nitrogen and oxygen atoms in total.